The standard InChI is InChI=1S/C16H25ClN2O2.ClH/c1-5-10-16(3,18)15(20)19-11(2)14(21-4)12-6-8-13(17)9-7-12;/h6-9,11,14H,5,10,18H2,1-4H3,(H,19,20);1H. The Bertz CT molecular complexity index is 464. The van der Waals surface area contributed by atoms with Crippen LogP contribution in [0.15, 0.2) is 24.3 Å². The van der Waals surface area contributed by atoms with Crippen LogP contribution in [0, 0.1) is 0 Å². The average Bonchev–Trinajstić information content (AvgIpc) is 2.41. The molecular formula is C16H26Cl2N2O2. The van der Waals surface area contributed by atoms with Gasteiger partial charge in [0, 0.05) is 12.1 Å². The Balaban J connectivity index is 0.00000441. The molecule has 0 aliphatic carbocycles. The minimum Gasteiger partial charge on any atom is -0.375 e. The Morgan fingerprint density at radius 3 is 2.41 bits per heavy atom. The zero-order chi connectivity index (χ0) is 16.0. The molecule has 0 saturated heterocycles. The van der Waals surface area contributed by atoms with Crippen LogP contribution in [0.25, 0.3) is 0 Å². The van der Waals surface area contributed by atoms with E-state index >= 15 is 0 Å². The lowest BCUT2D eigenvalue weighted by Crippen LogP contribution is -2.54. The molecule has 0 bridgehead atoms. The lowest BCUT2D eigenvalue weighted by Gasteiger charge is -2.29. The van der Waals surface area contributed by atoms with E-state index in [1.165, 1.54) is 0 Å². The number of nitrogens with one attached hydrogen (secondary N) is 1. The molecule has 0 spiro atoms. The van der Waals surface area contributed by atoms with E-state index in [2.05, 4.69) is 5.32 Å². The quantitative estimate of drug-likeness (QED) is 0.792. The van der Waals surface area contributed by atoms with E-state index in [1.807, 2.05) is 38.1 Å². The molecule has 0 aliphatic rings. The third kappa shape index (κ3) is 5.76. The Morgan fingerprint density at radius 1 is 1.41 bits per heavy atom. The summed E-state index contributed by atoms with van der Waals surface area (Å²) in [6, 6.07) is 7.21. The topological polar surface area (TPSA) is 64.4 Å². The van der Waals surface area contributed by atoms with E-state index in [4.69, 9.17) is 22.1 Å². The van der Waals surface area contributed by atoms with Crippen LogP contribution >= 0.6 is 24.0 Å². The fourth-order valence-electron chi connectivity index (χ4n) is 2.36. The van der Waals surface area contributed by atoms with Gasteiger partial charge >= 0.3 is 0 Å². The molecule has 1 aromatic rings. The minimum absolute atomic E-state index is 0. The zero-order valence-corrected chi connectivity index (χ0v) is 15.1. The van der Waals surface area contributed by atoms with Gasteiger partial charge in [0.25, 0.3) is 0 Å². The van der Waals surface area contributed by atoms with Crippen molar-refractivity contribution in [2.75, 3.05) is 7.11 Å². The second-order valence-electron chi connectivity index (χ2n) is 5.64. The van der Waals surface area contributed by atoms with E-state index in [9.17, 15) is 4.79 Å². The van der Waals surface area contributed by atoms with Crippen LogP contribution in [0.5, 0.6) is 0 Å². The van der Waals surface area contributed by atoms with E-state index in [0.29, 0.717) is 11.4 Å². The van der Waals surface area contributed by atoms with Gasteiger partial charge in [0.05, 0.1) is 11.6 Å². The molecule has 1 amide bonds. The van der Waals surface area contributed by atoms with Crippen molar-refractivity contribution < 1.29 is 9.53 Å². The molecular weight excluding hydrogens is 323 g/mol. The third-order valence-corrected chi connectivity index (χ3v) is 3.81. The van der Waals surface area contributed by atoms with Crippen LogP contribution < -0.4 is 11.1 Å². The monoisotopic (exact) mass is 348 g/mol. The second kappa shape index (κ2) is 9.36. The largest absolute Gasteiger partial charge is 0.375 e. The second-order valence-corrected chi connectivity index (χ2v) is 6.07. The maximum Gasteiger partial charge on any atom is 0.240 e. The Morgan fingerprint density at radius 2 is 1.95 bits per heavy atom. The van der Waals surface area contributed by atoms with Crippen LogP contribution in [-0.4, -0.2) is 24.6 Å². The highest BCUT2D eigenvalue weighted by molar-refractivity contribution is 6.30. The van der Waals surface area contributed by atoms with Crippen molar-refractivity contribution in [1.29, 1.82) is 0 Å². The fourth-order valence-corrected chi connectivity index (χ4v) is 2.49. The van der Waals surface area contributed by atoms with Gasteiger partial charge in [0.2, 0.25) is 5.91 Å². The number of benzene rings is 1. The number of nitrogens with two attached hydrogens (primary N) is 1. The first kappa shape index (κ1) is 21.2. The predicted octanol–water partition coefficient (Wildman–Crippen LogP) is 3.47. The SMILES string of the molecule is CCCC(C)(N)C(=O)NC(C)C(OC)c1ccc(Cl)cc1.Cl. The number of hydrogen-bond donors (Lipinski definition) is 2. The molecule has 3 atom stereocenters. The Hall–Kier alpha value is -0.810. The first-order valence-corrected chi connectivity index (χ1v) is 7.57. The minimum atomic E-state index is -0.860. The number of methoxy groups -OCH3 is 1. The summed E-state index contributed by atoms with van der Waals surface area (Å²) in [6.07, 6.45) is 1.26. The van der Waals surface area contributed by atoms with Gasteiger partial charge in [-0.05, 0) is 38.0 Å². The molecule has 0 heterocycles. The number of amides is 1. The van der Waals surface area contributed by atoms with Crippen molar-refractivity contribution in [3.05, 3.63) is 34.9 Å². The zero-order valence-electron chi connectivity index (χ0n) is 13.6. The van der Waals surface area contributed by atoms with Crippen molar-refractivity contribution >= 4 is 29.9 Å². The van der Waals surface area contributed by atoms with Crippen molar-refractivity contribution in [3.8, 4) is 0 Å². The molecule has 22 heavy (non-hydrogen) atoms. The van der Waals surface area contributed by atoms with Gasteiger partial charge in [-0.25, -0.2) is 0 Å². The van der Waals surface area contributed by atoms with E-state index in [0.717, 1.165) is 12.0 Å². The Kier molecular flexibility index (Phi) is 9.01. The molecule has 126 valence electrons. The van der Waals surface area contributed by atoms with Crippen molar-refractivity contribution in [2.24, 2.45) is 5.73 Å². The molecule has 0 radical (unpaired) electrons. The van der Waals surface area contributed by atoms with Crippen molar-refractivity contribution in [3.63, 3.8) is 0 Å². The van der Waals surface area contributed by atoms with Gasteiger partial charge in [-0.15, -0.1) is 12.4 Å². The molecule has 4 nitrogen and oxygen atoms in total. The van der Waals surface area contributed by atoms with Gasteiger partial charge in [0.1, 0.15) is 6.10 Å². The normalized spacial score (nSPS) is 16.1. The maximum atomic E-state index is 12.3. The number of carbonyl (C=O) groups is 1. The number of hydrogen-bond acceptors (Lipinski definition) is 3. The van der Waals surface area contributed by atoms with Gasteiger partial charge in [0.15, 0.2) is 0 Å². The smallest absolute Gasteiger partial charge is 0.240 e. The summed E-state index contributed by atoms with van der Waals surface area (Å²) in [5.41, 5.74) is 6.15. The highest BCUT2D eigenvalue weighted by Gasteiger charge is 2.30. The number of ether oxygens (including phenoxy) is 1. The molecule has 0 fully saturated rings. The highest BCUT2D eigenvalue weighted by Crippen LogP contribution is 2.23. The number of rotatable bonds is 7. The number of halogens is 2. The summed E-state index contributed by atoms with van der Waals surface area (Å²) in [6.45, 7) is 5.67. The van der Waals surface area contributed by atoms with E-state index < -0.39 is 5.54 Å². The summed E-state index contributed by atoms with van der Waals surface area (Å²) in [7, 11) is 1.62. The van der Waals surface area contributed by atoms with Crippen LogP contribution in [0.1, 0.15) is 45.3 Å². The molecule has 1 aromatic carbocycles. The van der Waals surface area contributed by atoms with Gasteiger partial charge < -0.3 is 15.8 Å². The van der Waals surface area contributed by atoms with Crippen molar-refractivity contribution in [1.82, 2.24) is 5.32 Å². The first-order valence-electron chi connectivity index (χ1n) is 7.20. The van der Waals surface area contributed by atoms with Crippen LogP contribution in [-0.2, 0) is 9.53 Å². The summed E-state index contributed by atoms with van der Waals surface area (Å²) in [4.78, 5) is 12.3. The number of carbonyl (C=O) groups excluding carboxylic acids is 1. The summed E-state index contributed by atoms with van der Waals surface area (Å²) >= 11 is 5.89. The molecule has 3 unspecified atom stereocenters. The molecule has 3 N–H and O–H groups in total. The van der Waals surface area contributed by atoms with Crippen LogP contribution in [0.2, 0.25) is 5.02 Å². The van der Waals surface area contributed by atoms with E-state index in [1.54, 1.807) is 14.0 Å². The van der Waals surface area contributed by atoms with Gasteiger partial charge in [-0.2, -0.15) is 0 Å². The summed E-state index contributed by atoms with van der Waals surface area (Å²) in [5.74, 6) is -0.159. The molecule has 0 saturated carbocycles. The first-order chi connectivity index (χ1) is 9.81. The van der Waals surface area contributed by atoms with Crippen LogP contribution in [0.3, 0.4) is 0 Å². The average molecular weight is 349 g/mol. The molecule has 1 rings (SSSR count). The van der Waals surface area contributed by atoms with Gasteiger partial charge in [-0.1, -0.05) is 37.1 Å². The lowest BCUT2D eigenvalue weighted by atomic mass is 9.95. The summed E-state index contributed by atoms with van der Waals surface area (Å²) < 4.78 is 5.51. The Labute approximate surface area is 144 Å². The lowest BCUT2D eigenvalue weighted by molar-refractivity contribution is -0.127. The van der Waals surface area contributed by atoms with Crippen molar-refractivity contribution in [2.45, 2.75) is 51.3 Å². The fraction of sp³-hybridized carbons (Fsp3) is 0.562. The summed E-state index contributed by atoms with van der Waals surface area (Å²) in [5, 5.41) is 3.62. The van der Waals surface area contributed by atoms with E-state index in [-0.39, 0.29) is 30.5 Å². The van der Waals surface area contributed by atoms with Gasteiger partial charge in [-0.3, -0.25) is 4.79 Å². The third-order valence-electron chi connectivity index (χ3n) is 3.55. The molecule has 6 heteroatoms. The highest BCUT2D eigenvalue weighted by atomic mass is 35.5. The maximum absolute atomic E-state index is 12.3. The molecule has 0 aromatic heterocycles. The predicted molar refractivity (Wildman–Crippen MR) is 93.6 cm³/mol. The molecule has 0 aliphatic heterocycles. The van der Waals surface area contributed by atoms with Crippen LogP contribution in [0.4, 0.5) is 0 Å².